The first-order chi connectivity index (χ1) is 21.8. The summed E-state index contributed by atoms with van der Waals surface area (Å²) >= 11 is 1.44. The van der Waals surface area contributed by atoms with Crippen molar-refractivity contribution in [3.05, 3.63) is 143 Å². The number of carbonyl (C=O) groups excluding carboxylic acids is 3. The fourth-order valence-electron chi connectivity index (χ4n) is 4.91. The molecule has 0 aliphatic rings. The van der Waals surface area contributed by atoms with E-state index in [2.05, 4.69) is 16.0 Å². The number of aryl methyl sites for hydroxylation is 1. The summed E-state index contributed by atoms with van der Waals surface area (Å²) in [6, 6.07) is 35.7. The Morgan fingerprint density at radius 2 is 1.49 bits per heavy atom. The lowest BCUT2D eigenvalue weighted by Crippen LogP contribution is -2.30. The molecule has 0 spiro atoms. The summed E-state index contributed by atoms with van der Waals surface area (Å²) in [5, 5.41) is 10.5. The third-order valence-corrected chi connectivity index (χ3v) is 8.91. The molecule has 226 valence electrons. The third kappa shape index (κ3) is 7.88. The van der Waals surface area contributed by atoms with E-state index in [1.165, 1.54) is 11.8 Å². The second-order valence-electron chi connectivity index (χ2n) is 10.7. The van der Waals surface area contributed by atoms with Gasteiger partial charge in [0.1, 0.15) is 5.70 Å². The molecule has 0 bridgehead atoms. The number of nitrogens with one attached hydrogen (secondary N) is 3. The maximum absolute atomic E-state index is 13.7. The fourth-order valence-corrected chi connectivity index (χ4v) is 5.92. The quantitative estimate of drug-likeness (QED) is 0.109. The lowest BCUT2D eigenvalue weighted by Gasteiger charge is -2.17. The molecule has 5 rings (SSSR count). The zero-order valence-corrected chi connectivity index (χ0v) is 26.3. The number of thioether (sulfide) groups is 1. The van der Waals surface area contributed by atoms with E-state index in [0.29, 0.717) is 17.7 Å². The standard InChI is InChI=1S/C38H35N3O3S/c1-4-35(38(44)40-33-22-10-13-25(2)26(33)3)45-31-20-12-19-30(24-31)39-37(43)34(41-36(42)28-15-6-5-7-16-28)23-29-18-11-17-27-14-8-9-21-32(27)29/h5-24,35H,4H2,1-3H3,(H,39,43)(H,40,44)(H,41,42)/b34-23+. The Morgan fingerprint density at radius 1 is 0.778 bits per heavy atom. The van der Waals surface area contributed by atoms with E-state index >= 15 is 0 Å². The zero-order chi connectivity index (χ0) is 31.8. The predicted octanol–water partition coefficient (Wildman–Crippen LogP) is 8.38. The average Bonchev–Trinajstić information content (AvgIpc) is 3.06. The van der Waals surface area contributed by atoms with Crippen LogP contribution in [0.4, 0.5) is 11.4 Å². The molecule has 3 amide bonds. The zero-order valence-electron chi connectivity index (χ0n) is 25.5. The number of hydrogen-bond acceptors (Lipinski definition) is 4. The molecule has 0 aromatic heterocycles. The Labute approximate surface area is 268 Å². The lowest BCUT2D eigenvalue weighted by molar-refractivity contribution is -0.116. The van der Waals surface area contributed by atoms with E-state index in [4.69, 9.17) is 0 Å². The van der Waals surface area contributed by atoms with Crippen molar-refractivity contribution in [2.45, 2.75) is 37.3 Å². The number of hydrogen-bond donors (Lipinski definition) is 3. The summed E-state index contributed by atoms with van der Waals surface area (Å²) in [7, 11) is 0. The minimum atomic E-state index is -0.464. The highest BCUT2D eigenvalue weighted by atomic mass is 32.2. The van der Waals surface area contributed by atoms with Crippen LogP contribution in [0.15, 0.2) is 126 Å². The minimum absolute atomic E-state index is 0.0745. The lowest BCUT2D eigenvalue weighted by atomic mass is 10.0. The molecule has 0 saturated carbocycles. The van der Waals surface area contributed by atoms with Crippen LogP contribution in [0.2, 0.25) is 0 Å². The van der Waals surface area contributed by atoms with Crippen LogP contribution in [0.25, 0.3) is 16.8 Å². The van der Waals surface area contributed by atoms with Gasteiger partial charge in [0.15, 0.2) is 0 Å². The third-order valence-electron chi connectivity index (χ3n) is 7.55. The van der Waals surface area contributed by atoms with Crippen LogP contribution in [0.3, 0.4) is 0 Å². The van der Waals surface area contributed by atoms with E-state index in [-0.39, 0.29) is 22.8 Å². The van der Waals surface area contributed by atoms with Gasteiger partial charge in [0.2, 0.25) is 5.91 Å². The van der Waals surface area contributed by atoms with Gasteiger partial charge >= 0.3 is 0 Å². The van der Waals surface area contributed by atoms with Crippen LogP contribution in [-0.4, -0.2) is 23.0 Å². The molecule has 5 aromatic carbocycles. The smallest absolute Gasteiger partial charge is 0.272 e. The largest absolute Gasteiger partial charge is 0.325 e. The number of carbonyl (C=O) groups is 3. The normalized spacial score (nSPS) is 11.9. The Bertz CT molecular complexity index is 1880. The van der Waals surface area contributed by atoms with Gasteiger partial charge in [-0.1, -0.05) is 85.8 Å². The van der Waals surface area contributed by atoms with Crippen LogP contribution in [0, 0.1) is 13.8 Å². The molecule has 0 aliphatic carbocycles. The van der Waals surface area contributed by atoms with Gasteiger partial charge in [-0.3, -0.25) is 14.4 Å². The van der Waals surface area contributed by atoms with Crippen molar-refractivity contribution in [1.29, 1.82) is 0 Å². The summed E-state index contributed by atoms with van der Waals surface area (Å²) in [6.07, 6.45) is 2.32. The molecule has 0 fully saturated rings. The molecular weight excluding hydrogens is 579 g/mol. The Balaban J connectivity index is 1.37. The molecule has 45 heavy (non-hydrogen) atoms. The highest BCUT2D eigenvalue weighted by Gasteiger charge is 2.20. The second kappa shape index (κ2) is 14.6. The molecule has 1 unspecified atom stereocenters. The predicted molar refractivity (Wildman–Crippen MR) is 185 cm³/mol. The second-order valence-corrected chi connectivity index (χ2v) is 12.0. The van der Waals surface area contributed by atoms with E-state index in [0.717, 1.165) is 38.0 Å². The van der Waals surface area contributed by atoms with Crippen molar-refractivity contribution in [2.24, 2.45) is 0 Å². The van der Waals surface area contributed by atoms with Crippen molar-refractivity contribution in [3.63, 3.8) is 0 Å². The Kier molecular flexibility index (Phi) is 10.1. The van der Waals surface area contributed by atoms with Gasteiger partial charge in [-0.25, -0.2) is 0 Å². The molecule has 1 atom stereocenters. The van der Waals surface area contributed by atoms with E-state index in [1.54, 1.807) is 36.4 Å². The Hall–Kier alpha value is -5.14. The number of amides is 3. The molecule has 6 nitrogen and oxygen atoms in total. The van der Waals surface area contributed by atoms with Gasteiger partial charge in [0, 0.05) is 21.8 Å². The van der Waals surface area contributed by atoms with E-state index < -0.39 is 5.91 Å². The molecule has 7 heteroatoms. The van der Waals surface area contributed by atoms with Gasteiger partial charge in [-0.15, -0.1) is 11.8 Å². The highest BCUT2D eigenvalue weighted by molar-refractivity contribution is 8.00. The van der Waals surface area contributed by atoms with Gasteiger partial charge in [-0.2, -0.15) is 0 Å². The summed E-state index contributed by atoms with van der Waals surface area (Å²) in [4.78, 5) is 40.9. The van der Waals surface area contributed by atoms with Crippen LogP contribution < -0.4 is 16.0 Å². The van der Waals surface area contributed by atoms with Crippen molar-refractivity contribution in [3.8, 4) is 0 Å². The summed E-state index contributed by atoms with van der Waals surface area (Å²) in [6.45, 7) is 5.99. The molecular formula is C38H35N3O3S. The van der Waals surface area contributed by atoms with Crippen molar-refractivity contribution in [1.82, 2.24) is 5.32 Å². The van der Waals surface area contributed by atoms with Crippen LogP contribution in [0.1, 0.15) is 40.4 Å². The number of fused-ring (bicyclic) bond motifs is 1. The van der Waals surface area contributed by atoms with Gasteiger partial charge in [0.05, 0.1) is 5.25 Å². The topological polar surface area (TPSA) is 87.3 Å². The summed E-state index contributed by atoms with van der Waals surface area (Å²) in [5.41, 5.74) is 4.87. The van der Waals surface area contributed by atoms with Crippen LogP contribution >= 0.6 is 11.8 Å². The molecule has 0 aliphatic heterocycles. The molecule has 5 aromatic rings. The van der Waals surface area contributed by atoms with Gasteiger partial charge < -0.3 is 16.0 Å². The van der Waals surface area contributed by atoms with E-state index in [1.807, 2.05) is 106 Å². The number of benzene rings is 5. The maximum atomic E-state index is 13.7. The van der Waals surface area contributed by atoms with Crippen molar-refractivity contribution in [2.75, 3.05) is 10.6 Å². The number of rotatable bonds is 10. The van der Waals surface area contributed by atoms with Crippen LogP contribution in [-0.2, 0) is 9.59 Å². The molecule has 0 radical (unpaired) electrons. The first-order valence-electron chi connectivity index (χ1n) is 14.8. The number of anilines is 2. The average molecular weight is 614 g/mol. The van der Waals surface area contributed by atoms with Crippen molar-refractivity contribution >= 4 is 57.7 Å². The van der Waals surface area contributed by atoms with E-state index in [9.17, 15) is 14.4 Å². The summed E-state index contributed by atoms with van der Waals surface area (Å²) < 4.78 is 0. The first-order valence-corrected chi connectivity index (χ1v) is 15.7. The monoisotopic (exact) mass is 613 g/mol. The molecule has 3 N–H and O–H groups in total. The Morgan fingerprint density at radius 3 is 2.29 bits per heavy atom. The van der Waals surface area contributed by atoms with Crippen LogP contribution in [0.5, 0.6) is 0 Å². The SMILES string of the molecule is CCC(Sc1cccc(NC(=O)/C(=C\c2cccc3ccccc23)NC(=O)c2ccccc2)c1)C(=O)Nc1cccc(C)c1C. The van der Waals surface area contributed by atoms with Crippen molar-refractivity contribution < 1.29 is 14.4 Å². The summed E-state index contributed by atoms with van der Waals surface area (Å²) in [5.74, 6) is -0.925. The highest BCUT2D eigenvalue weighted by Crippen LogP contribution is 2.30. The fraction of sp³-hybridized carbons (Fsp3) is 0.132. The minimum Gasteiger partial charge on any atom is -0.325 e. The maximum Gasteiger partial charge on any atom is 0.272 e. The molecule has 0 heterocycles. The molecule has 0 saturated heterocycles. The van der Waals surface area contributed by atoms with Gasteiger partial charge in [-0.05, 0) is 90.2 Å². The first kappa shape index (κ1) is 31.3. The van der Waals surface area contributed by atoms with Gasteiger partial charge in [0.25, 0.3) is 11.8 Å².